The number of nitrogens with zero attached hydrogens (tertiary/aromatic N) is 3. The van der Waals surface area contributed by atoms with Crippen molar-refractivity contribution < 1.29 is 9.36 Å². The van der Waals surface area contributed by atoms with Gasteiger partial charge in [0.25, 0.3) is 5.24 Å². The number of pyridine rings is 1. The number of carbonyl (C=O) groups is 1. The van der Waals surface area contributed by atoms with Crippen molar-refractivity contribution in [3.05, 3.63) is 30.4 Å². The molecular weight excluding hydrogens is 246 g/mol. The average molecular weight is 255 g/mol. The summed E-state index contributed by atoms with van der Waals surface area (Å²) in [5, 5.41) is 0.492. The number of aryl methyl sites for hydroxylation is 1. The Kier molecular flexibility index (Phi) is 3.26. The molecule has 0 aromatic carbocycles. The lowest BCUT2D eigenvalue weighted by atomic mass is 10.3. The Morgan fingerprint density at radius 3 is 2.69 bits per heavy atom. The van der Waals surface area contributed by atoms with Crippen molar-refractivity contribution >= 4 is 28.4 Å². The molecule has 2 aromatic rings. The molecule has 0 aliphatic heterocycles. The maximum absolute atomic E-state index is 10.7. The first-order valence-corrected chi connectivity index (χ1v) is 5.78. The smallest absolute Gasteiger partial charge is 0.274 e. The highest BCUT2D eigenvalue weighted by Crippen LogP contribution is 2.19. The molecule has 0 spiro atoms. The summed E-state index contributed by atoms with van der Waals surface area (Å²) < 4.78 is 5.83. The molecule has 82 valence electrons. The van der Waals surface area contributed by atoms with E-state index < -0.39 is 0 Å². The summed E-state index contributed by atoms with van der Waals surface area (Å²) in [7, 11) is 0. The van der Waals surface area contributed by atoms with Crippen molar-refractivity contribution in [2.24, 2.45) is 0 Å². The predicted octanol–water partition coefficient (Wildman–Crippen LogP) is 1.57. The third-order valence-electron chi connectivity index (χ3n) is 1.97. The zero-order chi connectivity index (χ0) is 11.5. The number of carbonyl (C=O) groups excluding carboxylic acids is 1. The zero-order valence-corrected chi connectivity index (χ0v) is 10.1. The van der Waals surface area contributed by atoms with Crippen LogP contribution in [-0.4, -0.2) is 14.6 Å². The molecule has 4 nitrogen and oxygen atoms in total. The number of aromatic nitrogens is 3. The van der Waals surface area contributed by atoms with E-state index in [1.165, 1.54) is 11.5 Å². The molecule has 0 aliphatic rings. The zero-order valence-electron chi connectivity index (χ0n) is 8.55. The van der Waals surface area contributed by atoms with Crippen LogP contribution in [0.15, 0.2) is 24.5 Å². The van der Waals surface area contributed by atoms with Crippen molar-refractivity contribution in [3.8, 4) is 10.6 Å². The van der Waals surface area contributed by atoms with Gasteiger partial charge in [0.2, 0.25) is 6.54 Å². The monoisotopic (exact) mass is 254 g/mol. The second-order valence-corrected chi connectivity index (χ2v) is 4.43. The molecule has 0 radical (unpaired) electrons. The molecule has 0 fully saturated rings. The van der Waals surface area contributed by atoms with Crippen molar-refractivity contribution in [3.63, 3.8) is 0 Å². The van der Waals surface area contributed by atoms with E-state index in [-0.39, 0.29) is 11.8 Å². The van der Waals surface area contributed by atoms with Crippen molar-refractivity contribution in [1.82, 2.24) is 9.36 Å². The first-order valence-electron chi connectivity index (χ1n) is 4.63. The van der Waals surface area contributed by atoms with E-state index in [1.54, 1.807) is 17.0 Å². The SMILES string of the molecule is Cc1nsc(-c2cc[n+](CC(=O)Cl)cc2)n1. The Bertz CT molecular complexity index is 509. The van der Waals surface area contributed by atoms with Crippen LogP contribution in [0.5, 0.6) is 0 Å². The summed E-state index contributed by atoms with van der Waals surface area (Å²) in [6.45, 7) is 2.03. The molecule has 2 rings (SSSR count). The highest BCUT2D eigenvalue weighted by Gasteiger charge is 2.08. The summed E-state index contributed by atoms with van der Waals surface area (Å²) in [4.78, 5) is 15.0. The highest BCUT2D eigenvalue weighted by atomic mass is 35.5. The molecule has 0 saturated heterocycles. The Hall–Kier alpha value is -1.33. The Morgan fingerprint density at radius 2 is 2.19 bits per heavy atom. The van der Waals surface area contributed by atoms with Gasteiger partial charge in [-0.25, -0.2) is 4.98 Å². The average Bonchev–Trinajstić information content (AvgIpc) is 2.65. The molecule has 0 atom stereocenters. The largest absolute Gasteiger partial charge is 0.286 e. The van der Waals surface area contributed by atoms with Crippen molar-refractivity contribution in [2.45, 2.75) is 13.5 Å². The fourth-order valence-electron chi connectivity index (χ4n) is 1.26. The summed E-state index contributed by atoms with van der Waals surface area (Å²) in [5.74, 6) is 0.771. The lowest BCUT2D eigenvalue weighted by molar-refractivity contribution is -0.683. The lowest BCUT2D eigenvalue weighted by Crippen LogP contribution is -2.35. The Balaban J connectivity index is 2.22. The van der Waals surface area contributed by atoms with Crippen molar-refractivity contribution in [1.29, 1.82) is 0 Å². The molecule has 6 heteroatoms. The van der Waals surface area contributed by atoms with Gasteiger partial charge in [-0.15, -0.1) is 0 Å². The van der Waals surface area contributed by atoms with E-state index in [0.717, 1.165) is 16.4 Å². The Morgan fingerprint density at radius 1 is 1.50 bits per heavy atom. The van der Waals surface area contributed by atoms with Gasteiger partial charge >= 0.3 is 0 Å². The van der Waals surface area contributed by atoms with E-state index in [1.807, 2.05) is 19.1 Å². The highest BCUT2D eigenvalue weighted by molar-refractivity contribution is 7.09. The second kappa shape index (κ2) is 4.67. The molecule has 2 heterocycles. The molecule has 0 N–H and O–H groups in total. The molecular formula is C10H9ClN3OS+. The van der Waals surface area contributed by atoms with Crippen LogP contribution >= 0.6 is 23.1 Å². The van der Waals surface area contributed by atoms with Crippen LogP contribution in [0, 0.1) is 6.92 Å². The summed E-state index contributed by atoms with van der Waals surface area (Å²) in [6.07, 6.45) is 3.60. The molecule has 2 aromatic heterocycles. The van der Waals surface area contributed by atoms with E-state index >= 15 is 0 Å². The maximum Gasteiger partial charge on any atom is 0.286 e. The number of hydrogen-bond donors (Lipinski definition) is 0. The summed E-state index contributed by atoms with van der Waals surface area (Å²) in [6, 6.07) is 3.78. The van der Waals surface area contributed by atoms with Gasteiger partial charge in [0.05, 0.1) is 0 Å². The van der Waals surface area contributed by atoms with Crippen molar-refractivity contribution in [2.75, 3.05) is 0 Å². The molecule has 0 saturated carbocycles. The van der Waals surface area contributed by atoms with Gasteiger partial charge in [0, 0.05) is 17.7 Å². The van der Waals surface area contributed by atoms with Crippen LogP contribution in [0.1, 0.15) is 5.82 Å². The molecule has 16 heavy (non-hydrogen) atoms. The third kappa shape index (κ3) is 2.62. The standard InChI is InChI=1S/C10H9ClN3OS/c1-7-12-10(16-13-7)8-2-4-14(5-3-8)6-9(11)15/h2-5H,6H2,1H3/q+1. The summed E-state index contributed by atoms with van der Waals surface area (Å²) >= 11 is 6.65. The molecule has 0 amide bonds. The fraction of sp³-hybridized carbons (Fsp3) is 0.200. The van der Waals surface area contributed by atoms with E-state index in [9.17, 15) is 4.79 Å². The minimum atomic E-state index is -0.385. The minimum Gasteiger partial charge on any atom is -0.274 e. The normalized spacial score (nSPS) is 10.4. The summed E-state index contributed by atoms with van der Waals surface area (Å²) in [5.41, 5.74) is 0.990. The van der Waals surface area contributed by atoms with Gasteiger partial charge in [-0.05, 0) is 30.1 Å². The number of rotatable bonds is 3. The second-order valence-electron chi connectivity index (χ2n) is 3.26. The predicted molar refractivity (Wildman–Crippen MR) is 61.1 cm³/mol. The first kappa shape index (κ1) is 11.2. The van der Waals surface area contributed by atoms with Crippen LogP contribution in [-0.2, 0) is 11.3 Å². The fourth-order valence-corrected chi connectivity index (χ4v) is 2.08. The van der Waals surface area contributed by atoms with E-state index in [2.05, 4.69) is 9.36 Å². The topological polar surface area (TPSA) is 46.7 Å². The van der Waals surface area contributed by atoms with Crippen LogP contribution in [0.4, 0.5) is 0 Å². The third-order valence-corrected chi connectivity index (χ3v) is 2.95. The van der Waals surface area contributed by atoms with Gasteiger partial charge in [0.1, 0.15) is 10.8 Å². The lowest BCUT2D eigenvalue weighted by Gasteiger charge is -1.94. The van der Waals surface area contributed by atoms with Crippen LogP contribution < -0.4 is 4.57 Å². The van der Waals surface area contributed by atoms with Gasteiger partial charge in [-0.2, -0.15) is 8.94 Å². The molecule has 0 bridgehead atoms. The maximum atomic E-state index is 10.7. The minimum absolute atomic E-state index is 0.178. The van der Waals surface area contributed by atoms with E-state index in [0.29, 0.717) is 0 Å². The first-order chi connectivity index (χ1) is 7.65. The van der Waals surface area contributed by atoms with Gasteiger partial charge in [-0.3, -0.25) is 4.79 Å². The molecule has 0 aliphatic carbocycles. The van der Waals surface area contributed by atoms with Gasteiger partial charge < -0.3 is 0 Å². The van der Waals surface area contributed by atoms with E-state index in [4.69, 9.17) is 11.6 Å². The van der Waals surface area contributed by atoms with Crippen LogP contribution in [0.2, 0.25) is 0 Å². The van der Waals surface area contributed by atoms with Crippen LogP contribution in [0.25, 0.3) is 10.6 Å². The number of halogens is 1. The molecule has 0 unspecified atom stereocenters. The number of hydrogen-bond acceptors (Lipinski definition) is 4. The van der Waals surface area contributed by atoms with Gasteiger partial charge in [-0.1, -0.05) is 0 Å². The van der Waals surface area contributed by atoms with Crippen LogP contribution in [0.3, 0.4) is 0 Å². The Labute approximate surface area is 102 Å². The quantitative estimate of drug-likeness (QED) is 0.617. The van der Waals surface area contributed by atoms with Gasteiger partial charge in [0.15, 0.2) is 12.4 Å².